The minimum Gasteiger partial charge on any atom is -0.456 e. The molecule has 0 fully saturated rings. The van der Waals surface area contributed by atoms with E-state index in [9.17, 15) is 9.59 Å². The van der Waals surface area contributed by atoms with Crippen molar-refractivity contribution in [3.05, 3.63) is 23.4 Å². The Bertz CT molecular complexity index is 384. The molecule has 0 aliphatic carbocycles. The first-order valence-electron chi connectivity index (χ1n) is 5.84. The predicted octanol–water partition coefficient (Wildman–Crippen LogP) is 2.31. The maximum atomic E-state index is 11.9. The molecule has 0 amide bonds. The molecule has 0 aromatic heterocycles. The SMILES string of the molecule is CC(=O)/C(C(=O)OC(C)(C)C)=C(C)\C=C\N(C)C. The lowest BCUT2D eigenvalue weighted by Crippen LogP contribution is -2.27. The summed E-state index contributed by atoms with van der Waals surface area (Å²) in [5.74, 6) is -0.860. The molecule has 0 saturated heterocycles. The van der Waals surface area contributed by atoms with Crippen LogP contribution in [-0.2, 0) is 14.3 Å². The topological polar surface area (TPSA) is 46.6 Å². The van der Waals surface area contributed by atoms with Crippen molar-refractivity contribution in [2.45, 2.75) is 40.2 Å². The second kappa shape index (κ2) is 6.38. The Labute approximate surface area is 109 Å². The van der Waals surface area contributed by atoms with Gasteiger partial charge in [-0.1, -0.05) is 0 Å². The van der Waals surface area contributed by atoms with Crippen LogP contribution >= 0.6 is 0 Å². The van der Waals surface area contributed by atoms with Crippen LogP contribution in [0, 0.1) is 0 Å². The van der Waals surface area contributed by atoms with Crippen molar-refractivity contribution in [1.29, 1.82) is 0 Å². The molecule has 0 aromatic rings. The summed E-state index contributed by atoms with van der Waals surface area (Å²) in [5.41, 5.74) is 0.0945. The smallest absolute Gasteiger partial charge is 0.342 e. The molecule has 0 aromatic carbocycles. The first-order valence-corrected chi connectivity index (χ1v) is 5.84. The zero-order chi connectivity index (χ0) is 14.5. The molecule has 0 saturated carbocycles. The van der Waals surface area contributed by atoms with E-state index in [0.29, 0.717) is 5.57 Å². The lowest BCUT2D eigenvalue weighted by Gasteiger charge is -2.20. The third-order valence-corrected chi connectivity index (χ3v) is 1.97. The van der Waals surface area contributed by atoms with E-state index < -0.39 is 11.6 Å². The van der Waals surface area contributed by atoms with Crippen LogP contribution in [-0.4, -0.2) is 36.3 Å². The van der Waals surface area contributed by atoms with Gasteiger partial charge in [0, 0.05) is 14.1 Å². The fourth-order valence-electron chi connectivity index (χ4n) is 1.26. The minimum atomic E-state index is -0.608. The highest BCUT2D eigenvalue weighted by atomic mass is 16.6. The summed E-state index contributed by atoms with van der Waals surface area (Å²) < 4.78 is 5.22. The minimum absolute atomic E-state index is 0.100. The van der Waals surface area contributed by atoms with Crippen LogP contribution in [0.25, 0.3) is 0 Å². The molecule has 0 aliphatic rings. The van der Waals surface area contributed by atoms with E-state index in [1.54, 1.807) is 40.0 Å². The number of carbonyl (C=O) groups excluding carboxylic acids is 2. The molecule has 0 spiro atoms. The Hall–Kier alpha value is -1.58. The van der Waals surface area contributed by atoms with Crippen LogP contribution in [0.4, 0.5) is 0 Å². The van der Waals surface area contributed by atoms with Gasteiger partial charge >= 0.3 is 5.97 Å². The molecule has 0 radical (unpaired) electrons. The van der Waals surface area contributed by atoms with Crippen molar-refractivity contribution in [2.75, 3.05) is 14.1 Å². The van der Waals surface area contributed by atoms with Crippen molar-refractivity contribution < 1.29 is 14.3 Å². The highest BCUT2D eigenvalue weighted by molar-refractivity contribution is 6.17. The number of ketones is 1. The van der Waals surface area contributed by atoms with Gasteiger partial charge in [-0.05, 0) is 52.5 Å². The zero-order valence-corrected chi connectivity index (χ0v) is 12.3. The molecule has 0 atom stereocenters. The predicted molar refractivity (Wildman–Crippen MR) is 72.1 cm³/mol. The maximum absolute atomic E-state index is 11.9. The van der Waals surface area contributed by atoms with Gasteiger partial charge in [-0.15, -0.1) is 0 Å². The Kier molecular flexibility index (Phi) is 5.82. The highest BCUT2D eigenvalue weighted by Gasteiger charge is 2.23. The second-order valence-corrected chi connectivity index (χ2v) is 5.40. The first-order chi connectivity index (χ1) is 8.04. The maximum Gasteiger partial charge on any atom is 0.342 e. The van der Waals surface area contributed by atoms with Crippen LogP contribution in [0.1, 0.15) is 34.6 Å². The largest absolute Gasteiger partial charge is 0.456 e. The number of carbonyl (C=O) groups is 2. The standard InChI is InChI=1S/C14H23NO3/c1-10(8-9-15(6)7)12(11(2)16)13(17)18-14(3,4)5/h8-9H,1-7H3/b9-8+,12-10+. The number of rotatable bonds is 4. The van der Waals surface area contributed by atoms with Crippen molar-refractivity contribution in [3.8, 4) is 0 Å². The van der Waals surface area contributed by atoms with Gasteiger partial charge in [0.2, 0.25) is 0 Å². The van der Waals surface area contributed by atoms with Crippen molar-refractivity contribution in [1.82, 2.24) is 4.90 Å². The summed E-state index contributed by atoms with van der Waals surface area (Å²) in [5, 5.41) is 0. The Morgan fingerprint density at radius 2 is 1.61 bits per heavy atom. The van der Waals surface area contributed by atoms with E-state index in [0.717, 1.165) is 0 Å². The number of nitrogens with zero attached hydrogens (tertiary/aromatic N) is 1. The van der Waals surface area contributed by atoms with E-state index in [1.807, 2.05) is 19.0 Å². The quantitative estimate of drug-likeness (QED) is 0.253. The molecular weight excluding hydrogens is 230 g/mol. The summed E-state index contributed by atoms with van der Waals surface area (Å²) >= 11 is 0. The summed E-state index contributed by atoms with van der Waals surface area (Å²) in [6, 6.07) is 0. The third-order valence-electron chi connectivity index (χ3n) is 1.97. The zero-order valence-electron chi connectivity index (χ0n) is 12.3. The highest BCUT2D eigenvalue weighted by Crippen LogP contribution is 2.15. The van der Waals surface area contributed by atoms with Gasteiger partial charge in [-0.2, -0.15) is 0 Å². The third kappa shape index (κ3) is 6.23. The molecule has 0 aliphatic heterocycles. The van der Waals surface area contributed by atoms with E-state index in [1.165, 1.54) is 6.92 Å². The molecule has 4 heteroatoms. The number of ether oxygens (including phenoxy) is 1. The van der Waals surface area contributed by atoms with Gasteiger partial charge < -0.3 is 9.64 Å². The number of hydrogen-bond acceptors (Lipinski definition) is 4. The average molecular weight is 253 g/mol. The summed E-state index contributed by atoms with van der Waals surface area (Å²) in [6.45, 7) is 8.40. The Morgan fingerprint density at radius 3 is 1.94 bits per heavy atom. The molecule has 0 N–H and O–H groups in total. The fraction of sp³-hybridized carbons (Fsp3) is 0.571. The molecule has 102 valence electrons. The summed E-state index contributed by atoms with van der Waals surface area (Å²) in [4.78, 5) is 25.3. The van der Waals surface area contributed by atoms with Gasteiger partial charge in [0.1, 0.15) is 11.2 Å². The molecule has 0 unspecified atom stereocenters. The lowest BCUT2D eigenvalue weighted by atomic mass is 10.1. The number of hydrogen-bond donors (Lipinski definition) is 0. The van der Waals surface area contributed by atoms with Crippen molar-refractivity contribution in [2.24, 2.45) is 0 Å². The fourth-order valence-corrected chi connectivity index (χ4v) is 1.26. The number of Topliss-reactive ketones (excluding diaryl/α,β-unsaturated/α-hetero) is 1. The molecule has 4 nitrogen and oxygen atoms in total. The van der Waals surface area contributed by atoms with Crippen LogP contribution in [0.15, 0.2) is 23.4 Å². The normalized spacial score (nSPS) is 13.3. The van der Waals surface area contributed by atoms with E-state index in [4.69, 9.17) is 4.74 Å². The summed E-state index contributed by atoms with van der Waals surface area (Å²) in [7, 11) is 3.73. The van der Waals surface area contributed by atoms with Gasteiger partial charge in [-0.25, -0.2) is 4.79 Å². The average Bonchev–Trinajstić information content (AvgIpc) is 2.10. The van der Waals surface area contributed by atoms with E-state index >= 15 is 0 Å². The first kappa shape index (κ1) is 16.4. The molecule has 18 heavy (non-hydrogen) atoms. The van der Waals surface area contributed by atoms with Gasteiger partial charge in [-0.3, -0.25) is 4.79 Å². The monoisotopic (exact) mass is 253 g/mol. The van der Waals surface area contributed by atoms with Gasteiger partial charge in [0.25, 0.3) is 0 Å². The Morgan fingerprint density at radius 1 is 1.11 bits per heavy atom. The van der Waals surface area contributed by atoms with Crippen LogP contribution < -0.4 is 0 Å². The summed E-state index contributed by atoms with van der Waals surface area (Å²) in [6.07, 6.45) is 3.50. The molecule has 0 rings (SSSR count). The molecule has 0 bridgehead atoms. The van der Waals surface area contributed by atoms with Gasteiger partial charge in [0.15, 0.2) is 5.78 Å². The second-order valence-electron chi connectivity index (χ2n) is 5.40. The van der Waals surface area contributed by atoms with E-state index in [2.05, 4.69) is 0 Å². The Balaban J connectivity index is 5.25. The molecule has 0 heterocycles. The van der Waals surface area contributed by atoms with Crippen molar-refractivity contribution in [3.63, 3.8) is 0 Å². The van der Waals surface area contributed by atoms with Crippen LogP contribution in [0.2, 0.25) is 0 Å². The lowest BCUT2D eigenvalue weighted by molar-refractivity contribution is -0.150. The van der Waals surface area contributed by atoms with Crippen LogP contribution in [0.3, 0.4) is 0 Å². The van der Waals surface area contributed by atoms with Crippen LogP contribution in [0.5, 0.6) is 0 Å². The van der Waals surface area contributed by atoms with Gasteiger partial charge in [0.05, 0.1) is 0 Å². The van der Waals surface area contributed by atoms with Crippen molar-refractivity contribution >= 4 is 11.8 Å². The number of allylic oxidation sites excluding steroid dienone is 2. The van der Waals surface area contributed by atoms with E-state index in [-0.39, 0.29) is 11.4 Å². The number of esters is 1. The molecular formula is C14H23NO3.